The number of piperidine rings is 1. The van der Waals surface area contributed by atoms with Gasteiger partial charge in [-0.25, -0.2) is 4.79 Å². The molecule has 0 spiro atoms. The third kappa shape index (κ3) is 3.62. The van der Waals surface area contributed by atoms with Crippen molar-refractivity contribution in [3.8, 4) is 12.3 Å². The third-order valence-corrected chi connectivity index (χ3v) is 5.54. The lowest BCUT2D eigenvalue weighted by Gasteiger charge is -2.51. The highest BCUT2D eigenvalue weighted by molar-refractivity contribution is 5.69. The van der Waals surface area contributed by atoms with E-state index in [1.165, 1.54) is 0 Å². The zero-order valence-corrected chi connectivity index (χ0v) is 15.6. The van der Waals surface area contributed by atoms with Gasteiger partial charge in [0.05, 0.1) is 30.9 Å². The molecule has 2 bridgehead atoms. The van der Waals surface area contributed by atoms with E-state index in [1.807, 2.05) is 54.6 Å². The number of hydrogen-bond donors (Lipinski definition) is 1. The van der Waals surface area contributed by atoms with E-state index in [2.05, 4.69) is 5.92 Å². The van der Waals surface area contributed by atoms with Gasteiger partial charge in [-0.05, 0) is 23.3 Å². The molecule has 1 N–H and O–H groups in total. The number of amides is 1. The summed E-state index contributed by atoms with van der Waals surface area (Å²) in [5, 5.41) is 11.4. The highest BCUT2D eigenvalue weighted by Gasteiger charge is 2.49. The van der Waals surface area contributed by atoms with Crippen molar-refractivity contribution in [2.24, 2.45) is 0 Å². The average molecular weight is 377 g/mol. The molecule has 2 saturated heterocycles. The van der Waals surface area contributed by atoms with E-state index >= 15 is 0 Å². The molecule has 2 fully saturated rings. The highest BCUT2D eigenvalue weighted by Crippen LogP contribution is 2.41. The molecule has 4 rings (SSSR count). The molecule has 2 aliphatic rings. The zero-order valence-electron chi connectivity index (χ0n) is 15.6. The molecule has 2 aromatic carbocycles. The summed E-state index contributed by atoms with van der Waals surface area (Å²) in [6.45, 7) is 0.993. The van der Waals surface area contributed by atoms with Crippen molar-refractivity contribution in [2.45, 2.75) is 37.1 Å². The van der Waals surface area contributed by atoms with Crippen molar-refractivity contribution >= 4 is 6.09 Å². The lowest BCUT2D eigenvalue weighted by atomic mass is 9.76. The average Bonchev–Trinajstić information content (AvgIpc) is 2.72. The molecule has 1 amide bonds. The van der Waals surface area contributed by atoms with Gasteiger partial charge >= 0.3 is 6.09 Å². The first-order chi connectivity index (χ1) is 13.6. The quantitative estimate of drug-likeness (QED) is 0.836. The normalized spacial score (nSPS) is 26.4. The Balaban J connectivity index is 1.50. The Morgan fingerprint density at radius 2 is 1.89 bits per heavy atom. The van der Waals surface area contributed by atoms with Crippen LogP contribution in [-0.2, 0) is 21.7 Å². The van der Waals surface area contributed by atoms with Crippen LogP contribution in [0.25, 0.3) is 0 Å². The summed E-state index contributed by atoms with van der Waals surface area (Å²) in [5.41, 5.74) is 1.42. The molecule has 0 radical (unpaired) electrons. The maximum Gasteiger partial charge on any atom is 0.410 e. The zero-order chi connectivity index (χ0) is 19.6. The van der Waals surface area contributed by atoms with Crippen molar-refractivity contribution in [3.05, 3.63) is 71.3 Å². The smallest absolute Gasteiger partial charge is 0.410 e. The van der Waals surface area contributed by atoms with Gasteiger partial charge in [-0.1, -0.05) is 48.4 Å². The Morgan fingerprint density at radius 3 is 2.57 bits per heavy atom. The van der Waals surface area contributed by atoms with Crippen molar-refractivity contribution in [1.29, 1.82) is 0 Å². The minimum atomic E-state index is -1.04. The molecule has 5 nitrogen and oxygen atoms in total. The van der Waals surface area contributed by atoms with Gasteiger partial charge in [-0.15, -0.1) is 6.42 Å². The second-order valence-corrected chi connectivity index (χ2v) is 7.46. The maximum absolute atomic E-state index is 12.8. The van der Waals surface area contributed by atoms with Gasteiger partial charge in [0.15, 0.2) is 0 Å². The molecule has 2 heterocycles. The number of hydrogen-bond acceptors (Lipinski definition) is 4. The fourth-order valence-electron chi connectivity index (χ4n) is 4.20. The SMILES string of the molecule is C#Cc1cccc(C2(O)CC3COCC(C2)N3C(=O)OCc2ccccc2)c1. The molecule has 0 aromatic heterocycles. The molecule has 0 saturated carbocycles. The van der Waals surface area contributed by atoms with Crippen molar-refractivity contribution in [2.75, 3.05) is 13.2 Å². The van der Waals surface area contributed by atoms with Crippen LogP contribution in [0.4, 0.5) is 4.79 Å². The maximum atomic E-state index is 12.8. The number of carbonyl (C=O) groups excluding carboxylic acids is 1. The van der Waals surface area contributed by atoms with Gasteiger partial charge in [0.1, 0.15) is 6.61 Å². The first kappa shape index (κ1) is 18.5. The Morgan fingerprint density at radius 1 is 1.18 bits per heavy atom. The molecular weight excluding hydrogens is 354 g/mol. The first-order valence-electron chi connectivity index (χ1n) is 9.45. The Hall–Kier alpha value is -2.81. The number of terminal acetylenes is 1. The van der Waals surface area contributed by atoms with Gasteiger partial charge in [0.25, 0.3) is 0 Å². The second kappa shape index (κ2) is 7.67. The molecule has 28 heavy (non-hydrogen) atoms. The molecule has 5 heteroatoms. The van der Waals surface area contributed by atoms with E-state index in [4.69, 9.17) is 15.9 Å². The monoisotopic (exact) mass is 377 g/mol. The number of nitrogens with zero attached hydrogens (tertiary/aromatic N) is 1. The summed E-state index contributed by atoms with van der Waals surface area (Å²) in [5.74, 6) is 2.61. The van der Waals surface area contributed by atoms with Crippen LogP contribution in [0.3, 0.4) is 0 Å². The van der Waals surface area contributed by atoms with E-state index in [9.17, 15) is 9.90 Å². The molecular formula is C23H23NO4. The van der Waals surface area contributed by atoms with Gasteiger partial charge in [-0.2, -0.15) is 0 Å². The Kier molecular flexibility index (Phi) is 5.08. The van der Waals surface area contributed by atoms with Crippen LogP contribution in [0, 0.1) is 12.3 Å². The van der Waals surface area contributed by atoms with E-state index in [-0.39, 0.29) is 24.8 Å². The predicted octanol–water partition coefficient (Wildman–Crippen LogP) is 3.06. The van der Waals surface area contributed by atoms with Crippen molar-refractivity contribution in [3.63, 3.8) is 0 Å². The van der Waals surface area contributed by atoms with Crippen LogP contribution in [0.1, 0.15) is 29.5 Å². The second-order valence-electron chi connectivity index (χ2n) is 7.46. The Bertz CT molecular complexity index is 875. The minimum absolute atomic E-state index is 0.227. The van der Waals surface area contributed by atoms with Gasteiger partial charge in [0.2, 0.25) is 0 Å². The fourth-order valence-corrected chi connectivity index (χ4v) is 4.20. The van der Waals surface area contributed by atoms with Gasteiger partial charge in [-0.3, -0.25) is 4.90 Å². The topological polar surface area (TPSA) is 59.0 Å². The predicted molar refractivity (Wildman–Crippen MR) is 104 cm³/mol. The lowest BCUT2D eigenvalue weighted by Crippen LogP contribution is -2.62. The summed E-state index contributed by atoms with van der Waals surface area (Å²) < 4.78 is 11.2. The van der Waals surface area contributed by atoms with Crippen molar-refractivity contribution < 1.29 is 19.4 Å². The molecule has 2 atom stereocenters. The van der Waals surface area contributed by atoms with E-state index in [1.54, 1.807) is 4.90 Å². The number of aliphatic hydroxyl groups is 1. The van der Waals surface area contributed by atoms with E-state index < -0.39 is 5.60 Å². The summed E-state index contributed by atoms with van der Waals surface area (Å²) in [6.07, 6.45) is 5.92. The largest absolute Gasteiger partial charge is 0.445 e. The molecule has 0 aliphatic carbocycles. The molecule has 2 aromatic rings. The third-order valence-electron chi connectivity index (χ3n) is 5.54. The summed E-state index contributed by atoms with van der Waals surface area (Å²) in [4.78, 5) is 14.5. The summed E-state index contributed by atoms with van der Waals surface area (Å²) in [7, 11) is 0. The fraction of sp³-hybridized carbons (Fsp3) is 0.348. The van der Waals surface area contributed by atoms with Crippen molar-refractivity contribution in [1.82, 2.24) is 4.90 Å². The van der Waals surface area contributed by atoms with Crippen LogP contribution in [0.5, 0.6) is 0 Å². The lowest BCUT2D eigenvalue weighted by molar-refractivity contribution is -0.136. The number of ether oxygens (including phenoxy) is 2. The molecule has 144 valence electrons. The molecule has 2 aliphatic heterocycles. The van der Waals surface area contributed by atoms with E-state index in [0.717, 1.165) is 16.7 Å². The number of rotatable bonds is 3. The minimum Gasteiger partial charge on any atom is -0.445 e. The summed E-state index contributed by atoms with van der Waals surface area (Å²) >= 11 is 0. The number of fused-ring (bicyclic) bond motifs is 2. The van der Waals surface area contributed by atoms with Crippen LogP contribution in [-0.4, -0.2) is 41.4 Å². The van der Waals surface area contributed by atoms with Gasteiger partial charge < -0.3 is 14.6 Å². The Labute approximate surface area is 164 Å². The van der Waals surface area contributed by atoms with Crippen LogP contribution < -0.4 is 0 Å². The first-order valence-corrected chi connectivity index (χ1v) is 9.45. The summed E-state index contributed by atoms with van der Waals surface area (Å²) in [6, 6.07) is 16.5. The number of carbonyl (C=O) groups is 1. The van der Waals surface area contributed by atoms with Crippen LogP contribution >= 0.6 is 0 Å². The number of morpholine rings is 1. The standard InChI is InChI=1S/C23H23NO4/c1-2-17-9-6-10-19(11-17)23(26)12-20-15-27-16-21(13-23)24(20)22(25)28-14-18-7-4-3-5-8-18/h1,3-11,20-21,26H,12-16H2. The van der Waals surface area contributed by atoms with Gasteiger partial charge in [0, 0.05) is 18.4 Å². The highest BCUT2D eigenvalue weighted by atomic mass is 16.6. The van der Waals surface area contributed by atoms with E-state index in [0.29, 0.717) is 26.1 Å². The molecule has 2 unspecified atom stereocenters. The van der Waals surface area contributed by atoms with Crippen LogP contribution in [0.15, 0.2) is 54.6 Å². The van der Waals surface area contributed by atoms with Crippen LogP contribution in [0.2, 0.25) is 0 Å². The number of benzene rings is 2.